The first-order valence-electron chi connectivity index (χ1n) is 6.79. The molecule has 0 aliphatic carbocycles. The van der Waals surface area contributed by atoms with Crippen LogP contribution in [0.3, 0.4) is 0 Å². The van der Waals surface area contributed by atoms with E-state index < -0.39 is 0 Å². The summed E-state index contributed by atoms with van der Waals surface area (Å²) < 4.78 is 0. The topological polar surface area (TPSA) is 79.8 Å². The van der Waals surface area contributed by atoms with Crippen LogP contribution in [0.4, 0.5) is 5.95 Å². The highest BCUT2D eigenvalue weighted by Crippen LogP contribution is 2.06. The number of rotatable bonds is 7. The molecule has 0 saturated carbocycles. The molecule has 1 rings (SSSR count). The van der Waals surface area contributed by atoms with Crippen LogP contribution in [0.2, 0.25) is 0 Å². The van der Waals surface area contributed by atoms with Crippen molar-refractivity contribution in [1.82, 2.24) is 20.5 Å². The van der Waals surface area contributed by atoms with Crippen LogP contribution in [0.15, 0.2) is 0 Å². The van der Waals surface area contributed by atoms with Gasteiger partial charge in [0.25, 0.3) is 0 Å². The summed E-state index contributed by atoms with van der Waals surface area (Å²) in [5.74, 6) is 0.793. The maximum absolute atomic E-state index is 11.5. The van der Waals surface area contributed by atoms with Crippen molar-refractivity contribution in [1.29, 1.82) is 0 Å². The molecule has 0 unspecified atom stereocenters. The van der Waals surface area contributed by atoms with Crippen molar-refractivity contribution in [3.8, 4) is 0 Å². The maximum Gasteiger partial charge on any atom is 0.243 e. The Hall–Kier alpha value is -1.72. The van der Waals surface area contributed by atoms with Crippen molar-refractivity contribution >= 4 is 11.9 Å². The molecule has 0 aromatic carbocycles. The molecule has 1 amide bonds. The third-order valence-corrected chi connectivity index (χ3v) is 2.62. The Kier molecular flexibility index (Phi) is 6.18. The summed E-state index contributed by atoms with van der Waals surface area (Å²) in [5, 5.41) is 13.8. The average molecular weight is 265 g/mol. The van der Waals surface area contributed by atoms with Crippen LogP contribution < -0.4 is 10.6 Å². The first-order chi connectivity index (χ1) is 9.06. The molecule has 0 spiro atoms. The third-order valence-electron chi connectivity index (χ3n) is 2.62. The summed E-state index contributed by atoms with van der Waals surface area (Å²) >= 11 is 0. The molecule has 1 aromatic heterocycles. The number of hydrogen-bond donors (Lipinski definition) is 2. The SMILES string of the molecule is CCc1nnc(NCC(=O)NCC(C)C)nc1CC. The van der Waals surface area contributed by atoms with E-state index in [0.29, 0.717) is 18.4 Å². The smallest absolute Gasteiger partial charge is 0.243 e. The standard InChI is InChI=1S/C13H23N5O/c1-5-10-11(6-2)17-18-13(16-10)15-8-12(19)14-7-9(3)4/h9H,5-8H2,1-4H3,(H,14,19)(H,15,16,18). The minimum Gasteiger partial charge on any atom is -0.354 e. The van der Waals surface area contributed by atoms with Crippen LogP contribution in [-0.4, -0.2) is 34.2 Å². The van der Waals surface area contributed by atoms with Crippen molar-refractivity contribution in [2.24, 2.45) is 5.92 Å². The number of aromatic nitrogens is 3. The van der Waals surface area contributed by atoms with Crippen LogP contribution >= 0.6 is 0 Å². The lowest BCUT2D eigenvalue weighted by Gasteiger charge is -2.09. The molecule has 0 aliphatic rings. The van der Waals surface area contributed by atoms with Crippen LogP contribution in [0.25, 0.3) is 0 Å². The van der Waals surface area contributed by atoms with Gasteiger partial charge in [-0.25, -0.2) is 4.98 Å². The quantitative estimate of drug-likeness (QED) is 0.774. The van der Waals surface area contributed by atoms with E-state index >= 15 is 0 Å². The van der Waals surface area contributed by atoms with Crippen LogP contribution in [0.5, 0.6) is 0 Å². The van der Waals surface area contributed by atoms with Gasteiger partial charge in [0.1, 0.15) is 0 Å². The fraction of sp³-hybridized carbons (Fsp3) is 0.692. The summed E-state index contributed by atoms with van der Waals surface area (Å²) in [4.78, 5) is 15.9. The average Bonchev–Trinajstić information content (AvgIpc) is 2.42. The first kappa shape index (κ1) is 15.3. The van der Waals surface area contributed by atoms with Gasteiger partial charge in [-0.15, -0.1) is 5.10 Å². The van der Waals surface area contributed by atoms with Gasteiger partial charge < -0.3 is 10.6 Å². The first-order valence-corrected chi connectivity index (χ1v) is 6.79. The summed E-state index contributed by atoms with van der Waals surface area (Å²) in [6.45, 7) is 9.01. The number of carbonyl (C=O) groups excluding carboxylic acids is 1. The highest BCUT2D eigenvalue weighted by molar-refractivity contribution is 5.80. The van der Waals surface area contributed by atoms with Gasteiger partial charge in [0, 0.05) is 6.54 Å². The molecule has 1 heterocycles. The Balaban J connectivity index is 2.51. The Labute approximate surface area is 114 Å². The van der Waals surface area contributed by atoms with Crippen LogP contribution in [0, 0.1) is 5.92 Å². The Morgan fingerprint density at radius 2 is 1.84 bits per heavy atom. The molecule has 6 heteroatoms. The third kappa shape index (κ3) is 5.19. The predicted molar refractivity (Wildman–Crippen MR) is 74.9 cm³/mol. The van der Waals surface area contributed by atoms with E-state index in [9.17, 15) is 4.79 Å². The minimum atomic E-state index is -0.0603. The van der Waals surface area contributed by atoms with Gasteiger partial charge in [0.05, 0.1) is 17.9 Å². The van der Waals surface area contributed by atoms with Crippen molar-refractivity contribution in [2.45, 2.75) is 40.5 Å². The van der Waals surface area contributed by atoms with E-state index in [2.05, 4.69) is 39.7 Å². The number of anilines is 1. The second-order valence-electron chi connectivity index (χ2n) is 4.79. The van der Waals surface area contributed by atoms with Gasteiger partial charge in [-0.05, 0) is 18.8 Å². The van der Waals surface area contributed by atoms with Gasteiger partial charge in [-0.2, -0.15) is 5.10 Å². The summed E-state index contributed by atoms with van der Waals surface area (Å²) in [6, 6.07) is 0. The van der Waals surface area contributed by atoms with E-state index in [1.54, 1.807) is 0 Å². The maximum atomic E-state index is 11.5. The zero-order chi connectivity index (χ0) is 14.3. The van der Waals surface area contributed by atoms with Crippen molar-refractivity contribution in [2.75, 3.05) is 18.4 Å². The summed E-state index contributed by atoms with van der Waals surface area (Å²) in [5.41, 5.74) is 1.85. The van der Waals surface area contributed by atoms with Crippen molar-refractivity contribution in [3.05, 3.63) is 11.4 Å². The normalized spacial score (nSPS) is 10.6. The molecule has 1 aromatic rings. The van der Waals surface area contributed by atoms with Gasteiger partial charge in [-0.3, -0.25) is 4.79 Å². The Morgan fingerprint density at radius 1 is 1.16 bits per heavy atom. The molecular weight excluding hydrogens is 242 g/mol. The molecule has 106 valence electrons. The molecule has 2 N–H and O–H groups in total. The van der Waals surface area contributed by atoms with E-state index in [4.69, 9.17) is 0 Å². The molecule has 0 saturated heterocycles. The fourth-order valence-electron chi connectivity index (χ4n) is 1.55. The number of carbonyl (C=O) groups is 1. The number of aryl methyl sites for hydroxylation is 2. The van der Waals surface area contributed by atoms with Crippen LogP contribution in [-0.2, 0) is 17.6 Å². The van der Waals surface area contributed by atoms with Crippen molar-refractivity contribution < 1.29 is 4.79 Å². The highest BCUT2D eigenvalue weighted by Gasteiger charge is 2.07. The highest BCUT2D eigenvalue weighted by atomic mass is 16.1. The summed E-state index contributed by atoms with van der Waals surface area (Å²) in [7, 11) is 0. The summed E-state index contributed by atoms with van der Waals surface area (Å²) in [6.07, 6.45) is 1.63. The Bertz CT molecular complexity index is 419. The molecule has 19 heavy (non-hydrogen) atoms. The second-order valence-corrected chi connectivity index (χ2v) is 4.79. The van der Waals surface area contributed by atoms with Crippen LogP contribution in [0.1, 0.15) is 39.1 Å². The fourth-order valence-corrected chi connectivity index (χ4v) is 1.55. The molecule has 0 fully saturated rings. The van der Waals surface area contributed by atoms with E-state index in [1.165, 1.54) is 0 Å². The lowest BCUT2D eigenvalue weighted by atomic mass is 10.2. The zero-order valence-corrected chi connectivity index (χ0v) is 12.2. The molecule has 0 radical (unpaired) electrons. The predicted octanol–water partition coefficient (Wildman–Crippen LogP) is 1.18. The van der Waals surface area contributed by atoms with E-state index in [-0.39, 0.29) is 12.5 Å². The molecule has 0 atom stereocenters. The van der Waals surface area contributed by atoms with Gasteiger partial charge in [0.15, 0.2) is 0 Å². The van der Waals surface area contributed by atoms with Gasteiger partial charge in [-0.1, -0.05) is 27.7 Å². The second kappa shape index (κ2) is 7.66. The number of nitrogens with zero attached hydrogens (tertiary/aromatic N) is 3. The number of amides is 1. The minimum absolute atomic E-state index is 0.0603. The number of hydrogen-bond acceptors (Lipinski definition) is 5. The van der Waals surface area contributed by atoms with Crippen molar-refractivity contribution in [3.63, 3.8) is 0 Å². The molecular formula is C13H23N5O. The van der Waals surface area contributed by atoms with E-state index in [1.807, 2.05) is 13.8 Å². The number of nitrogens with one attached hydrogen (secondary N) is 2. The largest absolute Gasteiger partial charge is 0.354 e. The van der Waals surface area contributed by atoms with Gasteiger partial charge in [0.2, 0.25) is 11.9 Å². The van der Waals surface area contributed by atoms with E-state index in [0.717, 1.165) is 24.2 Å². The lowest BCUT2D eigenvalue weighted by molar-refractivity contribution is -0.119. The molecule has 6 nitrogen and oxygen atoms in total. The molecule has 0 bridgehead atoms. The monoisotopic (exact) mass is 265 g/mol. The Morgan fingerprint density at radius 3 is 2.42 bits per heavy atom. The van der Waals surface area contributed by atoms with Gasteiger partial charge >= 0.3 is 0 Å². The zero-order valence-electron chi connectivity index (χ0n) is 12.2. The molecule has 0 aliphatic heterocycles. The lowest BCUT2D eigenvalue weighted by Crippen LogP contribution is -2.33.